The van der Waals surface area contributed by atoms with Gasteiger partial charge in [0.05, 0.1) is 0 Å². The molecular formula is C10H19N3O. The van der Waals surface area contributed by atoms with Gasteiger partial charge in [0, 0.05) is 32.6 Å². The molecule has 0 saturated carbocycles. The van der Waals surface area contributed by atoms with Gasteiger partial charge in [-0.1, -0.05) is 0 Å². The summed E-state index contributed by atoms with van der Waals surface area (Å²) in [5.74, 6) is 0.951. The zero-order chi connectivity index (χ0) is 9.97. The average molecular weight is 197 g/mol. The molecule has 0 radical (unpaired) electrons. The SMILES string of the molecule is CN1CCN(C(=O)CC2CNC2)CC1. The minimum absolute atomic E-state index is 0.351. The van der Waals surface area contributed by atoms with Gasteiger partial charge in [-0.3, -0.25) is 4.79 Å². The Morgan fingerprint density at radius 1 is 1.29 bits per heavy atom. The van der Waals surface area contributed by atoms with Crippen LogP contribution in [-0.4, -0.2) is 62.0 Å². The summed E-state index contributed by atoms with van der Waals surface area (Å²) in [5.41, 5.74) is 0. The number of amides is 1. The van der Waals surface area contributed by atoms with Crippen LogP contribution in [0.2, 0.25) is 0 Å². The normalized spacial score (nSPS) is 24.8. The van der Waals surface area contributed by atoms with Gasteiger partial charge in [0.25, 0.3) is 0 Å². The first-order valence-corrected chi connectivity index (χ1v) is 5.43. The largest absolute Gasteiger partial charge is 0.340 e. The zero-order valence-corrected chi connectivity index (χ0v) is 8.83. The first-order valence-electron chi connectivity index (χ1n) is 5.43. The minimum Gasteiger partial charge on any atom is -0.340 e. The highest BCUT2D eigenvalue weighted by Gasteiger charge is 2.24. The first-order chi connectivity index (χ1) is 6.75. The molecule has 80 valence electrons. The second-order valence-corrected chi connectivity index (χ2v) is 4.41. The third kappa shape index (κ3) is 2.25. The molecule has 0 spiro atoms. The number of carbonyl (C=O) groups is 1. The number of nitrogens with zero attached hydrogens (tertiary/aromatic N) is 2. The molecule has 2 rings (SSSR count). The quantitative estimate of drug-likeness (QED) is 0.640. The molecule has 0 atom stereocenters. The van der Waals surface area contributed by atoms with Gasteiger partial charge in [-0.05, 0) is 26.1 Å². The molecule has 0 aromatic heterocycles. The number of hydrogen-bond donors (Lipinski definition) is 1. The minimum atomic E-state index is 0.351. The van der Waals surface area contributed by atoms with Gasteiger partial charge >= 0.3 is 0 Å². The van der Waals surface area contributed by atoms with E-state index in [2.05, 4.69) is 17.3 Å². The predicted octanol–water partition coefficient (Wildman–Crippen LogP) is -0.630. The predicted molar refractivity (Wildman–Crippen MR) is 55.1 cm³/mol. The van der Waals surface area contributed by atoms with Gasteiger partial charge in [0.15, 0.2) is 0 Å². The summed E-state index contributed by atoms with van der Waals surface area (Å²) in [4.78, 5) is 16.1. The molecule has 0 aromatic rings. The zero-order valence-electron chi connectivity index (χ0n) is 8.83. The lowest BCUT2D eigenvalue weighted by molar-refractivity contribution is -0.134. The number of likely N-dealkylation sites (N-methyl/N-ethyl adjacent to an activating group) is 1. The third-order valence-corrected chi connectivity index (χ3v) is 3.19. The summed E-state index contributed by atoms with van der Waals surface area (Å²) in [6, 6.07) is 0. The topological polar surface area (TPSA) is 35.6 Å². The van der Waals surface area contributed by atoms with Gasteiger partial charge in [0.2, 0.25) is 5.91 Å². The van der Waals surface area contributed by atoms with Crippen molar-refractivity contribution in [3.63, 3.8) is 0 Å². The van der Waals surface area contributed by atoms with E-state index in [1.54, 1.807) is 0 Å². The second kappa shape index (κ2) is 4.28. The molecule has 0 aromatic carbocycles. The van der Waals surface area contributed by atoms with E-state index in [4.69, 9.17) is 0 Å². The summed E-state index contributed by atoms with van der Waals surface area (Å²) >= 11 is 0. The highest BCUT2D eigenvalue weighted by molar-refractivity contribution is 5.76. The summed E-state index contributed by atoms with van der Waals surface area (Å²) in [6.45, 7) is 5.92. The number of carbonyl (C=O) groups excluding carboxylic acids is 1. The molecule has 14 heavy (non-hydrogen) atoms. The lowest BCUT2D eigenvalue weighted by Gasteiger charge is -2.34. The van der Waals surface area contributed by atoms with Crippen molar-refractivity contribution in [3.8, 4) is 0 Å². The Balaban J connectivity index is 1.74. The van der Waals surface area contributed by atoms with E-state index in [0.29, 0.717) is 11.8 Å². The maximum atomic E-state index is 11.8. The van der Waals surface area contributed by atoms with Gasteiger partial charge in [-0.2, -0.15) is 0 Å². The summed E-state index contributed by atoms with van der Waals surface area (Å²) in [7, 11) is 2.11. The Kier molecular flexibility index (Phi) is 3.03. The van der Waals surface area contributed by atoms with Crippen molar-refractivity contribution in [3.05, 3.63) is 0 Å². The molecule has 4 nitrogen and oxygen atoms in total. The highest BCUT2D eigenvalue weighted by Crippen LogP contribution is 2.11. The van der Waals surface area contributed by atoms with Crippen LogP contribution < -0.4 is 5.32 Å². The van der Waals surface area contributed by atoms with Crippen molar-refractivity contribution in [2.24, 2.45) is 5.92 Å². The highest BCUT2D eigenvalue weighted by atomic mass is 16.2. The number of rotatable bonds is 2. The Morgan fingerprint density at radius 3 is 2.43 bits per heavy atom. The van der Waals surface area contributed by atoms with E-state index in [1.165, 1.54) is 0 Å². The van der Waals surface area contributed by atoms with Crippen molar-refractivity contribution in [1.29, 1.82) is 0 Å². The van der Waals surface area contributed by atoms with E-state index in [9.17, 15) is 4.79 Å². The number of nitrogens with one attached hydrogen (secondary N) is 1. The van der Waals surface area contributed by atoms with Crippen molar-refractivity contribution < 1.29 is 4.79 Å². The Morgan fingerprint density at radius 2 is 1.93 bits per heavy atom. The van der Waals surface area contributed by atoms with Crippen LogP contribution in [0, 0.1) is 5.92 Å². The van der Waals surface area contributed by atoms with Crippen molar-refractivity contribution in [2.75, 3.05) is 46.3 Å². The molecule has 1 amide bonds. The van der Waals surface area contributed by atoms with E-state index >= 15 is 0 Å². The average Bonchev–Trinajstić information content (AvgIpc) is 2.12. The van der Waals surface area contributed by atoms with Crippen LogP contribution in [0.15, 0.2) is 0 Å². The molecule has 4 heteroatoms. The van der Waals surface area contributed by atoms with Crippen LogP contribution in [0.3, 0.4) is 0 Å². The lowest BCUT2D eigenvalue weighted by atomic mass is 9.98. The summed E-state index contributed by atoms with van der Waals surface area (Å²) in [6.07, 6.45) is 0.747. The second-order valence-electron chi connectivity index (χ2n) is 4.41. The van der Waals surface area contributed by atoms with Crippen molar-refractivity contribution >= 4 is 5.91 Å². The fourth-order valence-electron chi connectivity index (χ4n) is 1.92. The van der Waals surface area contributed by atoms with Crippen molar-refractivity contribution in [2.45, 2.75) is 6.42 Å². The maximum Gasteiger partial charge on any atom is 0.223 e. The van der Waals surface area contributed by atoms with E-state index in [-0.39, 0.29) is 0 Å². The molecule has 0 bridgehead atoms. The molecule has 2 aliphatic heterocycles. The van der Waals surface area contributed by atoms with E-state index in [1.807, 2.05) is 4.90 Å². The van der Waals surface area contributed by atoms with Crippen LogP contribution in [0.1, 0.15) is 6.42 Å². The van der Waals surface area contributed by atoms with Crippen LogP contribution in [0.25, 0.3) is 0 Å². The maximum absolute atomic E-state index is 11.8. The van der Waals surface area contributed by atoms with Crippen LogP contribution in [0.4, 0.5) is 0 Å². The number of piperazine rings is 1. The van der Waals surface area contributed by atoms with Crippen LogP contribution in [0.5, 0.6) is 0 Å². The Labute approximate surface area is 85.2 Å². The lowest BCUT2D eigenvalue weighted by Crippen LogP contribution is -2.50. The molecule has 0 aliphatic carbocycles. The molecule has 2 saturated heterocycles. The molecule has 2 heterocycles. The molecule has 2 fully saturated rings. The summed E-state index contributed by atoms with van der Waals surface area (Å²) in [5, 5.41) is 3.20. The van der Waals surface area contributed by atoms with Gasteiger partial charge in [-0.15, -0.1) is 0 Å². The van der Waals surface area contributed by atoms with Crippen LogP contribution >= 0.6 is 0 Å². The fourth-order valence-corrected chi connectivity index (χ4v) is 1.92. The van der Waals surface area contributed by atoms with E-state index in [0.717, 1.165) is 45.7 Å². The monoisotopic (exact) mass is 197 g/mol. The molecule has 2 aliphatic rings. The number of hydrogen-bond acceptors (Lipinski definition) is 3. The van der Waals surface area contributed by atoms with Gasteiger partial charge in [0.1, 0.15) is 0 Å². The van der Waals surface area contributed by atoms with Crippen LogP contribution in [-0.2, 0) is 4.79 Å². The third-order valence-electron chi connectivity index (χ3n) is 3.19. The first kappa shape index (κ1) is 9.93. The van der Waals surface area contributed by atoms with Crippen molar-refractivity contribution in [1.82, 2.24) is 15.1 Å². The summed E-state index contributed by atoms with van der Waals surface area (Å²) < 4.78 is 0. The van der Waals surface area contributed by atoms with Gasteiger partial charge < -0.3 is 15.1 Å². The fraction of sp³-hybridized carbons (Fsp3) is 0.900. The Hall–Kier alpha value is -0.610. The molecule has 0 unspecified atom stereocenters. The van der Waals surface area contributed by atoms with Gasteiger partial charge in [-0.25, -0.2) is 0 Å². The molecular weight excluding hydrogens is 178 g/mol. The van der Waals surface area contributed by atoms with E-state index < -0.39 is 0 Å². The standard InChI is InChI=1S/C10H19N3O/c1-12-2-4-13(5-3-12)10(14)6-9-7-11-8-9/h9,11H,2-8H2,1H3. The smallest absolute Gasteiger partial charge is 0.223 e. The molecule has 1 N–H and O–H groups in total. The Bertz CT molecular complexity index is 207.